The van der Waals surface area contributed by atoms with E-state index in [1.807, 2.05) is 0 Å². The Labute approximate surface area is 123 Å². The molecule has 21 heavy (non-hydrogen) atoms. The van der Waals surface area contributed by atoms with Crippen molar-refractivity contribution in [2.45, 2.75) is 30.2 Å². The molecule has 0 saturated carbocycles. The van der Waals surface area contributed by atoms with Crippen molar-refractivity contribution >= 4 is 15.9 Å². The first-order valence-electron chi connectivity index (χ1n) is 7.02. The van der Waals surface area contributed by atoms with E-state index >= 15 is 0 Å². The lowest BCUT2D eigenvalue weighted by Crippen LogP contribution is -2.39. The first-order valence-corrected chi connectivity index (χ1v) is 8.46. The van der Waals surface area contributed by atoms with Gasteiger partial charge in [-0.2, -0.15) is 4.31 Å². The number of benzene rings is 1. The number of nitrogens with zero attached hydrogens (tertiary/aromatic N) is 1. The quantitative estimate of drug-likeness (QED) is 0.890. The zero-order valence-corrected chi connectivity index (χ0v) is 12.3. The van der Waals surface area contributed by atoms with Crippen LogP contribution in [0.15, 0.2) is 29.2 Å². The number of carbonyl (C=O) groups is 1. The highest BCUT2D eigenvalue weighted by Gasteiger charge is 2.41. The fourth-order valence-electron chi connectivity index (χ4n) is 3.08. The summed E-state index contributed by atoms with van der Waals surface area (Å²) in [7, 11) is -3.85. The third kappa shape index (κ3) is 2.67. The topological polar surface area (TPSA) is 66.5 Å². The zero-order valence-electron chi connectivity index (χ0n) is 11.5. The van der Waals surface area contributed by atoms with Crippen LogP contribution < -0.4 is 5.32 Å². The second-order valence-electron chi connectivity index (χ2n) is 5.58. The third-order valence-corrected chi connectivity index (χ3v) is 6.05. The summed E-state index contributed by atoms with van der Waals surface area (Å²) in [6.07, 6.45) is 2.07. The molecule has 2 atom stereocenters. The highest BCUT2D eigenvalue weighted by atomic mass is 32.2. The summed E-state index contributed by atoms with van der Waals surface area (Å²) in [5, 5.41) is 2.87. The Kier molecular flexibility index (Phi) is 3.71. The predicted molar refractivity (Wildman–Crippen MR) is 74.4 cm³/mol. The van der Waals surface area contributed by atoms with Gasteiger partial charge in [-0.3, -0.25) is 4.79 Å². The van der Waals surface area contributed by atoms with Gasteiger partial charge in [0, 0.05) is 25.6 Å². The first kappa shape index (κ1) is 14.5. The molecule has 2 unspecified atom stereocenters. The fourth-order valence-corrected chi connectivity index (χ4v) is 4.67. The Balaban J connectivity index is 1.86. The Hall–Kier alpha value is -1.47. The van der Waals surface area contributed by atoms with Crippen LogP contribution in [0.3, 0.4) is 0 Å². The van der Waals surface area contributed by atoms with Crippen molar-refractivity contribution < 1.29 is 17.6 Å². The molecule has 1 N–H and O–H groups in total. The van der Waals surface area contributed by atoms with Crippen molar-refractivity contribution in [1.29, 1.82) is 0 Å². The summed E-state index contributed by atoms with van der Waals surface area (Å²) in [6.45, 7) is 0.550. The summed E-state index contributed by atoms with van der Waals surface area (Å²) >= 11 is 0. The summed E-state index contributed by atoms with van der Waals surface area (Å²) < 4.78 is 40.1. The van der Waals surface area contributed by atoms with Crippen molar-refractivity contribution in [2.24, 2.45) is 5.92 Å². The molecule has 5 nitrogen and oxygen atoms in total. The minimum Gasteiger partial charge on any atom is -0.352 e. The maximum absolute atomic E-state index is 13.8. The van der Waals surface area contributed by atoms with Crippen molar-refractivity contribution in [3.05, 3.63) is 30.1 Å². The van der Waals surface area contributed by atoms with Crippen LogP contribution in [0.5, 0.6) is 0 Å². The fraction of sp³-hybridized carbons (Fsp3) is 0.500. The van der Waals surface area contributed by atoms with E-state index in [4.69, 9.17) is 0 Å². The van der Waals surface area contributed by atoms with Gasteiger partial charge in [0.25, 0.3) is 0 Å². The number of rotatable bonds is 2. The van der Waals surface area contributed by atoms with Gasteiger partial charge < -0.3 is 5.32 Å². The van der Waals surface area contributed by atoms with Gasteiger partial charge in [-0.15, -0.1) is 0 Å². The molecule has 2 fully saturated rings. The van der Waals surface area contributed by atoms with Gasteiger partial charge in [-0.25, -0.2) is 12.8 Å². The van der Waals surface area contributed by atoms with E-state index in [-0.39, 0.29) is 29.3 Å². The monoisotopic (exact) mass is 312 g/mol. The molecule has 2 heterocycles. The van der Waals surface area contributed by atoms with Gasteiger partial charge in [0.05, 0.1) is 0 Å². The van der Waals surface area contributed by atoms with Gasteiger partial charge >= 0.3 is 0 Å². The smallest absolute Gasteiger partial charge is 0.246 e. The minimum absolute atomic E-state index is 0.0346. The van der Waals surface area contributed by atoms with Gasteiger partial charge in [-0.1, -0.05) is 12.1 Å². The second-order valence-corrected chi connectivity index (χ2v) is 7.49. The van der Waals surface area contributed by atoms with Crippen LogP contribution in [-0.2, 0) is 14.8 Å². The van der Waals surface area contributed by atoms with Crippen LogP contribution in [0.1, 0.15) is 19.3 Å². The number of sulfonamides is 1. The molecule has 7 heteroatoms. The molecule has 2 aliphatic rings. The number of carbonyl (C=O) groups excluding carboxylic acids is 1. The van der Waals surface area contributed by atoms with E-state index in [0.29, 0.717) is 13.0 Å². The Morgan fingerprint density at radius 3 is 2.76 bits per heavy atom. The molecule has 0 bridgehead atoms. The second kappa shape index (κ2) is 5.38. The van der Waals surface area contributed by atoms with Gasteiger partial charge in [0.1, 0.15) is 10.7 Å². The molecule has 1 aromatic carbocycles. The zero-order chi connectivity index (χ0) is 15.0. The lowest BCUT2D eigenvalue weighted by atomic mass is 9.99. The molecule has 2 saturated heterocycles. The van der Waals surface area contributed by atoms with Crippen molar-refractivity contribution in [2.75, 3.05) is 13.1 Å². The van der Waals surface area contributed by atoms with E-state index in [9.17, 15) is 17.6 Å². The molecule has 1 aromatic rings. The number of halogens is 1. The molecule has 1 amide bonds. The summed E-state index contributed by atoms with van der Waals surface area (Å²) in [6, 6.07) is 5.22. The van der Waals surface area contributed by atoms with Crippen LogP contribution in [0.25, 0.3) is 0 Å². The lowest BCUT2D eigenvalue weighted by molar-refractivity contribution is -0.121. The molecular weight excluding hydrogens is 295 g/mol. The van der Waals surface area contributed by atoms with Crippen LogP contribution in [0.2, 0.25) is 0 Å². The molecule has 0 aliphatic carbocycles. The Bertz CT molecular complexity index is 662. The Morgan fingerprint density at radius 2 is 2.00 bits per heavy atom. The number of hydrogen-bond donors (Lipinski definition) is 1. The van der Waals surface area contributed by atoms with Gasteiger partial charge in [0.15, 0.2) is 0 Å². The average Bonchev–Trinajstić information content (AvgIpc) is 2.75. The van der Waals surface area contributed by atoms with E-state index in [2.05, 4.69) is 5.32 Å². The number of fused-ring (bicyclic) bond motifs is 1. The average molecular weight is 312 g/mol. The van der Waals surface area contributed by atoms with Gasteiger partial charge in [-0.05, 0) is 30.9 Å². The van der Waals surface area contributed by atoms with E-state index in [1.54, 1.807) is 0 Å². The Morgan fingerprint density at radius 1 is 1.24 bits per heavy atom. The molecule has 114 valence electrons. The van der Waals surface area contributed by atoms with Crippen LogP contribution in [-0.4, -0.2) is 37.8 Å². The summed E-state index contributed by atoms with van der Waals surface area (Å²) in [5.41, 5.74) is 0. The summed E-state index contributed by atoms with van der Waals surface area (Å²) in [4.78, 5) is 11.3. The van der Waals surface area contributed by atoms with E-state index in [1.165, 1.54) is 22.5 Å². The maximum atomic E-state index is 13.8. The molecule has 3 rings (SSSR count). The van der Waals surface area contributed by atoms with Crippen molar-refractivity contribution in [3.8, 4) is 0 Å². The van der Waals surface area contributed by atoms with Crippen molar-refractivity contribution in [3.63, 3.8) is 0 Å². The summed E-state index contributed by atoms with van der Waals surface area (Å²) in [5.74, 6) is -0.667. The highest BCUT2D eigenvalue weighted by molar-refractivity contribution is 7.89. The maximum Gasteiger partial charge on any atom is 0.246 e. The van der Waals surface area contributed by atoms with E-state index in [0.717, 1.165) is 18.9 Å². The standard InChI is InChI=1S/C14H17FN2O3S/c15-11-5-1-2-6-13(11)21(19,20)17-8-10-4-3-7-14(18)16-12(10)9-17/h1-2,5-6,10,12H,3-4,7-9H2,(H,16,18). The van der Waals surface area contributed by atoms with Crippen LogP contribution in [0.4, 0.5) is 4.39 Å². The van der Waals surface area contributed by atoms with Crippen LogP contribution in [0, 0.1) is 11.7 Å². The molecule has 0 aromatic heterocycles. The number of amides is 1. The molecule has 0 spiro atoms. The predicted octanol–water partition coefficient (Wildman–Crippen LogP) is 1.11. The number of hydrogen-bond acceptors (Lipinski definition) is 3. The van der Waals surface area contributed by atoms with E-state index < -0.39 is 15.8 Å². The van der Waals surface area contributed by atoms with Crippen molar-refractivity contribution in [1.82, 2.24) is 9.62 Å². The normalized spacial score (nSPS) is 27.0. The van der Waals surface area contributed by atoms with Crippen LogP contribution >= 0.6 is 0 Å². The first-order chi connectivity index (χ1) is 9.98. The minimum atomic E-state index is -3.85. The largest absolute Gasteiger partial charge is 0.352 e. The van der Waals surface area contributed by atoms with Gasteiger partial charge in [0.2, 0.25) is 15.9 Å². The highest BCUT2D eigenvalue weighted by Crippen LogP contribution is 2.30. The molecule has 0 radical (unpaired) electrons. The molecular formula is C14H17FN2O3S. The number of nitrogens with one attached hydrogen (secondary N) is 1. The third-order valence-electron chi connectivity index (χ3n) is 4.19. The SMILES string of the molecule is O=C1CCCC2CN(S(=O)(=O)c3ccccc3F)CC2N1. The lowest BCUT2D eigenvalue weighted by Gasteiger charge is -2.17. The molecule has 2 aliphatic heterocycles.